The summed E-state index contributed by atoms with van der Waals surface area (Å²) in [5, 5.41) is 13.0. The van der Waals surface area contributed by atoms with E-state index in [-0.39, 0.29) is 18.4 Å². The fourth-order valence-electron chi connectivity index (χ4n) is 3.77. The Morgan fingerprint density at radius 3 is 2.56 bits per heavy atom. The van der Waals surface area contributed by atoms with Crippen molar-refractivity contribution < 1.29 is 14.3 Å². The van der Waals surface area contributed by atoms with Gasteiger partial charge in [-0.25, -0.2) is 0 Å². The highest BCUT2D eigenvalue weighted by Crippen LogP contribution is 2.29. The zero-order chi connectivity index (χ0) is 22.3. The van der Waals surface area contributed by atoms with Gasteiger partial charge in [0.05, 0.1) is 5.75 Å². The van der Waals surface area contributed by atoms with Crippen LogP contribution in [0.25, 0.3) is 0 Å². The van der Waals surface area contributed by atoms with Gasteiger partial charge in [0, 0.05) is 37.2 Å². The topological polar surface area (TPSA) is 87.7 Å². The SMILES string of the molecule is O=C(CSc1nnc(N2CCN(C(=O)COc3ccc(Cl)cc3)CC2)s1)NC1CCCC1. The first-order valence-electron chi connectivity index (χ1n) is 10.7. The Labute approximate surface area is 200 Å². The second-order valence-corrected chi connectivity index (χ2v) is 10.4. The van der Waals surface area contributed by atoms with E-state index in [1.54, 1.807) is 29.2 Å². The first-order valence-corrected chi connectivity index (χ1v) is 12.9. The van der Waals surface area contributed by atoms with Gasteiger partial charge in [0.15, 0.2) is 10.9 Å². The minimum Gasteiger partial charge on any atom is -0.484 e. The third kappa shape index (κ3) is 6.49. The van der Waals surface area contributed by atoms with E-state index in [9.17, 15) is 9.59 Å². The zero-order valence-electron chi connectivity index (χ0n) is 17.7. The number of piperazine rings is 1. The predicted octanol–water partition coefficient (Wildman–Crippen LogP) is 3.07. The summed E-state index contributed by atoms with van der Waals surface area (Å²) in [6, 6.07) is 7.30. The van der Waals surface area contributed by atoms with E-state index in [4.69, 9.17) is 16.3 Å². The number of aromatic nitrogens is 2. The summed E-state index contributed by atoms with van der Waals surface area (Å²) in [5.41, 5.74) is 0. The van der Waals surface area contributed by atoms with Crippen LogP contribution >= 0.6 is 34.7 Å². The van der Waals surface area contributed by atoms with Crippen LogP contribution in [0, 0.1) is 0 Å². The van der Waals surface area contributed by atoms with Crippen molar-refractivity contribution in [2.24, 2.45) is 0 Å². The first kappa shape index (κ1) is 23.1. The average molecular weight is 496 g/mol. The Bertz CT molecular complexity index is 912. The Morgan fingerprint density at radius 1 is 1.12 bits per heavy atom. The molecule has 1 aliphatic carbocycles. The van der Waals surface area contributed by atoms with Crippen LogP contribution in [0.1, 0.15) is 25.7 Å². The molecule has 172 valence electrons. The van der Waals surface area contributed by atoms with E-state index < -0.39 is 0 Å². The molecule has 8 nitrogen and oxygen atoms in total. The fourth-order valence-corrected chi connectivity index (χ4v) is 5.60. The molecule has 1 saturated heterocycles. The van der Waals surface area contributed by atoms with Crippen molar-refractivity contribution in [1.29, 1.82) is 0 Å². The van der Waals surface area contributed by atoms with E-state index in [2.05, 4.69) is 20.4 Å². The minimum absolute atomic E-state index is 0.00412. The predicted molar refractivity (Wildman–Crippen MR) is 127 cm³/mol. The quantitative estimate of drug-likeness (QED) is 0.563. The largest absolute Gasteiger partial charge is 0.484 e. The number of benzene rings is 1. The Kier molecular flexibility index (Phi) is 8.10. The number of carbonyl (C=O) groups excluding carboxylic acids is 2. The third-order valence-electron chi connectivity index (χ3n) is 5.52. The molecule has 32 heavy (non-hydrogen) atoms. The van der Waals surface area contributed by atoms with E-state index in [1.165, 1.54) is 35.9 Å². The van der Waals surface area contributed by atoms with Crippen LogP contribution < -0.4 is 15.0 Å². The fraction of sp³-hybridized carbons (Fsp3) is 0.524. The standard InChI is InChI=1S/C21H26ClN5O3S2/c22-15-5-7-17(8-6-15)30-13-19(29)26-9-11-27(12-10-26)20-24-25-21(32-20)31-14-18(28)23-16-3-1-2-4-16/h5-8,16H,1-4,9-14H2,(H,23,28). The molecule has 1 aromatic carbocycles. The summed E-state index contributed by atoms with van der Waals surface area (Å²) in [7, 11) is 0. The molecule has 2 aromatic rings. The number of hydrogen-bond donors (Lipinski definition) is 1. The highest BCUT2D eigenvalue weighted by molar-refractivity contribution is 8.01. The summed E-state index contributed by atoms with van der Waals surface area (Å²) in [6.45, 7) is 2.59. The molecule has 2 heterocycles. The van der Waals surface area contributed by atoms with E-state index >= 15 is 0 Å². The number of nitrogens with zero attached hydrogens (tertiary/aromatic N) is 4. The summed E-state index contributed by atoms with van der Waals surface area (Å²) in [4.78, 5) is 28.5. The maximum atomic E-state index is 12.4. The van der Waals surface area contributed by atoms with Gasteiger partial charge in [0.2, 0.25) is 11.0 Å². The van der Waals surface area contributed by atoms with Crippen LogP contribution in [0.5, 0.6) is 5.75 Å². The lowest BCUT2D eigenvalue weighted by Crippen LogP contribution is -2.50. The highest BCUT2D eigenvalue weighted by atomic mass is 35.5. The normalized spacial score (nSPS) is 16.9. The van der Waals surface area contributed by atoms with Gasteiger partial charge >= 0.3 is 0 Å². The van der Waals surface area contributed by atoms with Crippen LogP contribution in [0.2, 0.25) is 5.02 Å². The summed E-state index contributed by atoms with van der Waals surface area (Å²) < 4.78 is 6.35. The molecule has 0 unspecified atom stereocenters. The van der Waals surface area contributed by atoms with Crippen molar-refractivity contribution in [1.82, 2.24) is 20.4 Å². The molecular formula is C21H26ClN5O3S2. The summed E-state index contributed by atoms with van der Waals surface area (Å²) >= 11 is 8.78. The number of thioether (sulfide) groups is 1. The van der Waals surface area contributed by atoms with Crippen LogP contribution in [0.3, 0.4) is 0 Å². The number of halogens is 1. The Hall–Kier alpha value is -2.04. The van der Waals surface area contributed by atoms with Gasteiger partial charge in [-0.1, -0.05) is 47.5 Å². The van der Waals surface area contributed by atoms with Crippen LogP contribution in [-0.2, 0) is 9.59 Å². The van der Waals surface area contributed by atoms with E-state index in [1.807, 2.05) is 0 Å². The molecule has 2 aliphatic rings. The van der Waals surface area contributed by atoms with Gasteiger partial charge < -0.3 is 19.9 Å². The molecule has 0 spiro atoms. The number of ether oxygens (including phenoxy) is 1. The van der Waals surface area contributed by atoms with Crippen LogP contribution in [0.4, 0.5) is 5.13 Å². The summed E-state index contributed by atoms with van der Waals surface area (Å²) in [5.74, 6) is 1.01. The lowest BCUT2D eigenvalue weighted by molar-refractivity contribution is -0.133. The number of carbonyl (C=O) groups is 2. The molecule has 4 rings (SSSR count). The second-order valence-electron chi connectivity index (χ2n) is 7.80. The molecular weight excluding hydrogens is 470 g/mol. The number of nitrogens with one attached hydrogen (secondary N) is 1. The molecule has 11 heteroatoms. The molecule has 2 amide bonds. The molecule has 0 bridgehead atoms. The van der Waals surface area contributed by atoms with Gasteiger partial charge in [0.25, 0.3) is 5.91 Å². The second kappa shape index (κ2) is 11.2. The van der Waals surface area contributed by atoms with E-state index in [0.717, 1.165) is 22.3 Å². The molecule has 1 aromatic heterocycles. The lowest BCUT2D eigenvalue weighted by atomic mass is 10.2. The lowest BCUT2D eigenvalue weighted by Gasteiger charge is -2.34. The monoisotopic (exact) mass is 495 g/mol. The number of rotatable bonds is 8. The third-order valence-corrected chi connectivity index (χ3v) is 7.89. The maximum absolute atomic E-state index is 12.4. The molecule has 0 radical (unpaired) electrons. The van der Waals surface area contributed by atoms with Crippen molar-refractivity contribution in [3.63, 3.8) is 0 Å². The Balaban J connectivity index is 1.18. The molecule has 1 aliphatic heterocycles. The number of hydrogen-bond acceptors (Lipinski definition) is 8. The van der Waals surface area contributed by atoms with Crippen LogP contribution in [0.15, 0.2) is 28.6 Å². The molecule has 2 fully saturated rings. The van der Waals surface area contributed by atoms with Crippen LogP contribution in [-0.4, -0.2) is 71.5 Å². The number of anilines is 1. The van der Waals surface area contributed by atoms with Crippen molar-refractivity contribution in [2.45, 2.75) is 36.1 Å². The van der Waals surface area contributed by atoms with Gasteiger partial charge in [0.1, 0.15) is 5.75 Å². The maximum Gasteiger partial charge on any atom is 0.260 e. The smallest absolute Gasteiger partial charge is 0.260 e. The van der Waals surface area contributed by atoms with E-state index in [0.29, 0.717) is 48.7 Å². The van der Waals surface area contributed by atoms with Gasteiger partial charge in [-0.05, 0) is 37.1 Å². The summed E-state index contributed by atoms with van der Waals surface area (Å²) in [6.07, 6.45) is 4.57. The minimum atomic E-state index is -0.0404. The van der Waals surface area contributed by atoms with Crippen molar-refractivity contribution in [3.05, 3.63) is 29.3 Å². The average Bonchev–Trinajstić information content (AvgIpc) is 3.49. The van der Waals surface area contributed by atoms with Crippen molar-refractivity contribution in [2.75, 3.05) is 43.4 Å². The van der Waals surface area contributed by atoms with Gasteiger partial charge in [-0.2, -0.15) is 0 Å². The van der Waals surface area contributed by atoms with Gasteiger partial charge in [-0.15, -0.1) is 10.2 Å². The Morgan fingerprint density at radius 2 is 1.84 bits per heavy atom. The van der Waals surface area contributed by atoms with Crippen molar-refractivity contribution in [3.8, 4) is 5.75 Å². The highest BCUT2D eigenvalue weighted by Gasteiger charge is 2.24. The molecule has 1 saturated carbocycles. The van der Waals surface area contributed by atoms with Crippen molar-refractivity contribution >= 4 is 51.6 Å². The number of amides is 2. The molecule has 1 N–H and O–H groups in total. The molecule has 0 atom stereocenters. The first-order chi connectivity index (χ1) is 15.6. The van der Waals surface area contributed by atoms with Gasteiger partial charge in [-0.3, -0.25) is 9.59 Å². The zero-order valence-corrected chi connectivity index (χ0v) is 20.1.